The fourth-order valence-corrected chi connectivity index (χ4v) is 2.87. The van der Waals surface area contributed by atoms with Gasteiger partial charge >= 0.3 is 0 Å². The molecule has 0 aromatic heterocycles. The minimum absolute atomic E-state index is 0.113. The molecular weight excluding hydrogens is 252 g/mol. The Bertz CT molecular complexity index is 355. The Labute approximate surface area is 112 Å². The van der Waals surface area contributed by atoms with E-state index >= 15 is 0 Å². The van der Waals surface area contributed by atoms with E-state index in [0.29, 0.717) is 17.6 Å². The van der Waals surface area contributed by atoms with Gasteiger partial charge in [-0.25, -0.2) is 0 Å². The lowest BCUT2D eigenvalue weighted by Crippen LogP contribution is -2.55. The number of hydrogen-bond donors (Lipinski definition) is 4. The molecule has 1 aliphatic heterocycles. The van der Waals surface area contributed by atoms with E-state index in [1.165, 1.54) is 7.11 Å². The summed E-state index contributed by atoms with van der Waals surface area (Å²) in [5, 5.41) is 39.6. The molecule has 19 heavy (non-hydrogen) atoms. The summed E-state index contributed by atoms with van der Waals surface area (Å²) in [7, 11) is 1.44. The lowest BCUT2D eigenvalue weighted by molar-refractivity contribution is -0.176. The van der Waals surface area contributed by atoms with Crippen LogP contribution in [0.1, 0.15) is 26.2 Å². The van der Waals surface area contributed by atoms with Crippen molar-refractivity contribution >= 4 is 0 Å². The largest absolute Gasteiger partial charge is 0.387 e. The molecule has 0 amide bonds. The lowest BCUT2D eigenvalue weighted by atomic mass is 9.79. The van der Waals surface area contributed by atoms with E-state index in [1.807, 2.05) is 6.92 Å². The van der Waals surface area contributed by atoms with Gasteiger partial charge in [0, 0.05) is 12.7 Å². The molecule has 0 aromatic rings. The summed E-state index contributed by atoms with van der Waals surface area (Å²) >= 11 is 0. The maximum Gasteiger partial charge on any atom is 0.182 e. The Morgan fingerprint density at radius 2 is 1.79 bits per heavy atom. The van der Waals surface area contributed by atoms with E-state index in [0.717, 1.165) is 12.8 Å². The average molecular weight is 274 g/mol. The molecule has 0 radical (unpaired) electrons. The molecule has 110 valence electrons. The van der Waals surface area contributed by atoms with Crippen molar-refractivity contribution in [1.29, 1.82) is 0 Å². The van der Waals surface area contributed by atoms with Crippen molar-refractivity contribution in [3.05, 3.63) is 11.1 Å². The molecule has 1 aliphatic carbocycles. The quantitative estimate of drug-likeness (QED) is 0.508. The molecule has 0 fully saturated rings. The third-order valence-corrected chi connectivity index (χ3v) is 3.89. The summed E-state index contributed by atoms with van der Waals surface area (Å²) in [6.45, 7) is 2.03. The minimum atomic E-state index is -1.43. The molecule has 0 aromatic carbocycles. The molecular formula is C13H22O6. The lowest BCUT2D eigenvalue weighted by Gasteiger charge is -2.43. The number of aliphatic hydroxyl groups is 4. The summed E-state index contributed by atoms with van der Waals surface area (Å²) in [5.41, 5.74) is 0.877. The van der Waals surface area contributed by atoms with E-state index in [2.05, 4.69) is 0 Å². The van der Waals surface area contributed by atoms with Crippen molar-refractivity contribution in [1.82, 2.24) is 0 Å². The zero-order chi connectivity index (χ0) is 14.2. The van der Waals surface area contributed by atoms with Crippen LogP contribution in [0.4, 0.5) is 0 Å². The number of ether oxygens (including phenoxy) is 2. The van der Waals surface area contributed by atoms with Gasteiger partial charge in [0.05, 0.1) is 6.10 Å². The smallest absolute Gasteiger partial charge is 0.182 e. The first kappa shape index (κ1) is 14.9. The van der Waals surface area contributed by atoms with Crippen molar-refractivity contribution in [3.8, 4) is 0 Å². The minimum Gasteiger partial charge on any atom is -0.387 e. The van der Waals surface area contributed by atoms with E-state index in [4.69, 9.17) is 9.47 Å². The molecule has 0 saturated heterocycles. The van der Waals surface area contributed by atoms with Gasteiger partial charge in [0.25, 0.3) is 0 Å². The number of aliphatic hydroxyl groups excluding tert-OH is 4. The highest BCUT2D eigenvalue weighted by molar-refractivity contribution is 5.33. The molecule has 6 heteroatoms. The summed E-state index contributed by atoms with van der Waals surface area (Å²) < 4.78 is 10.9. The van der Waals surface area contributed by atoms with Crippen LogP contribution in [0, 0.1) is 0 Å². The highest BCUT2D eigenvalue weighted by atomic mass is 16.7. The second kappa shape index (κ2) is 5.87. The highest BCUT2D eigenvalue weighted by Gasteiger charge is 2.47. The predicted molar refractivity (Wildman–Crippen MR) is 66.2 cm³/mol. The SMILES string of the molecule is CCC[C@@H]1CC2=C([C@H](OC)O1)[C@@H](O)[C@H](O)[C@H](O)[C@@H]2O. The van der Waals surface area contributed by atoms with Crippen LogP contribution in [0.2, 0.25) is 0 Å². The Kier molecular flexibility index (Phi) is 4.60. The number of methoxy groups -OCH3 is 1. The molecule has 0 bridgehead atoms. The monoisotopic (exact) mass is 274 g/mol. The zero-order valence-corrected chi connectivity index (χ0v) is 11.2. The maximum absolute atomic E-state index is 10.1. The van der Waals surface area contributed by atoms with Crippen molar-refractivity contribution < 1.29 is 29.9 Å². The van der Waals surface area contributed by atoms with Crippen molar-refractivity contribution in [2.45, 2.75) is 63.0 Å². The summed E-state index contributed by atoms with van der Waals surface area (Å²) in [6, 6.07) is 0. The molecule has 1 heterocycles. The first-order valence-electron chi connectivity index (χ1n) is 6.64. The van der Waals surface area contributed by atoms with Gasteiger partial charge in [-0.1, -0.05) is 13.3 Å². The van der Waals surface area contributed by atoms with E-state index in [-0.39, 0.29) is 6.10 Å². The standard InChI is InChI=1S/C13H22O6/c1-3-4-6-5-7-8(13(18-2)19-6)10(15)12(17)11(16)9(7)14/h6,9-17H,3-5H2,1-2H3/t6-,9-,10-,11-,12+,13-/m1/s1. The van der Waals surface area contributed by atoms with Gasteiger partial charge in [-0.05, 0) is 18.4 Å². The van der Waals surface area contributed by atoms with E-state index < -0.39 is 30.7 Å². The fraction of sp³-hybridized carbons (Fsp3) is 0.846. The van der Waals surface area contributed by atoms with Crippen LogP contribution < -0.4 is 0 Å². The van der Waals surface area contributed by atoms with Crippen LogP contribution in [0.5, 0.6) is 0 Å². The Morgan fingerprint density at radius 1 is 1.16 bits per heavy atom. The Hall–Kier alpha value is -0.500. The molecule has 0 unspecified atom stereocenters. The van der Waals surface area contributed by atoms with Crippen LogP contribution in [-0.4, -0.2) is 64.3 Å². The van der Waals surface area contributed by atoms with Crippen LogP contribution in [-0.2, 0) is 9.47 Å². The molecule has 0 spiro atoms. The van der Waals surface area contributed by atoms with E-state index in [1.54, 1.807) is 0 Å². The van der Waals surface area contributed by atoms with Crippen molar-refractivity contribution in [2.75, 3.05) is 7.11 Å². The highest BCUT2D eigenvalue weighted by Crippen LogP contribution is 2.38. The first-order chi connectivity index (χ1) is 9.01. The van der Waals surface area contributed by atoms with Gasteiger partial charge in [-0.3, -0.25) is 0 Å². The van der Waals surface area contributed by atoms with Crippen LogP contribution in [0.3, 0.4) is 0 Å². The van der Waals surface area contributed by atoms with E-state index in [9.17, 15) is 20.4 Å². The summed E-state index contributed by atoms with van der Waals surface area (Å²) in [5.74, 6) is 0. The van der Waals surface area contributed by atoms with Gasteiger partial charge in [0.1, 0.15) is 24.4 Å². The normalized spacial score (nSPS) is 43.3. The molecule has 2 rings (SSSR count). The van der Waals surface area contributed by atoms with Gasteiger partial charge in [0.2, 0.25) is 0 Å². The first-order valence-corrected chi connectivity index (χ1v) is 6.64. The third-order valence-electron chi connectivity index (χ3n) is 3.89. The molecule has 2 aliphatic rings. The van der Waals surface area contributed by atoms with Gasteiger partial charge in [-0.2, -0.15) is 0 Å². The molecule has 6 atom stereocenters. The molecule has 0 saturated carbocycles. The Morgan fingerprint density at radius 3 is 2.37 bits per heavy atom. The molecule has 6 nitrogen and oxygen atoms in total. The predicted octanol–water partition coefficient (Wildman–Crippen LogP) is -0.698. The van der Waals surface area contributed by atoms with Gasteiger partial charge in [0.15, 0.2) is 6.29 Å². The van der Waals surface area contributed by atoms with Crippen molar-refractivity contribution in [3.63, 3.8) is 0 Å². The topological polar surface area (TPSA) is 99.4 Å². The summed E-state index contributed by atoms with van der Waals surface area (Å²) in [6.07, 6.45) is -4.01. The van der Waals surface area contributed by atoms with Crippen molar-refractivity contribution in [2.24, 2.45) is 0 Å². The Balaban J connectivity index is 2.34. The zero-order valence-electron chi connectivity index (χ0n) is 11.2. The van der Waals surface area contributed by atoms with Gasteiger partial charge in [-0.15, -0.1) is 0 Å². The summed E-state index contributed by atoms with van der Waals surface area (Å²) in [4.78, 5) is 0. The average Bonchev–Trinajstić information content (AvgIpc) is 2.42. The number of hydrogen-bond acceptors (Lipinski definition) is 6. The second-order valence-electron chi connectivity index (χ2n) is 5.17. The number of rotatable bonds is 3. The third kappa shape index (κ3) is 2.56. The fourth-order valence-electron chi connectivity index (χ4n) is 2.87. The molecule has 4 N–H and O–H groups in total. The second-order valence-corrected chi connectivity index (χ2v) is 5.17. The van der Waals surface area contributed by atoms with Gasteiger partial charge < -0.3 is 29.9 Å². The van der Waals surface area contributed by atoms with Crippen LogP contribution in [0.25, 0.3) is 0 Å². The van der Waals surface area contributed by atoms with Crippen LogP contribution >= 0.6 is 0 Å². The maximum atomic E-state index is 10.1. The van der Waals surface area contributed by atoms with Crippen LogP contribution in [0.15, 0.2) is 11.1 Å².